The number of methoxy groups -OCH3 is 2. The maximum absolute atomic E-state index is 12.3. The quantitative estimate of drug-likeness (QED) is 0.648. The molecule has 2 aromatic carbocycles. The van der Waals surface area contributed by atoms with Gasteiger partial charge >= 0.3 is 6.03 Å². The molecule has 2 rings (SSSR count). The molecule has 0 aliphatic carbocycles. The van der Waals surface area contributed by atoms with Crippen molar-refractivity contribution in [3.05, 3.63) is 47.0 Å². The second-order valence-electron chi connectivity index (χ2n) is 6.27. The topological polar surface area (TPSA) is 68.8 Å². The van der Waals surface area contributed by atoms with Crippen LogP contribution in [0.4, 0.5) is 10.5 Å². The zero-order valence-corrected chi connectivity index (χ0v) is 16.9. The SMILES string of the molecule is COc1cc(NC(=O)NC(C)Oc2ccc(C(C)C)cc2)c(OC)cc1Cl. The fourth-order valence-corrected chi connectivity index (χ4v) is 2.70. The highest BCUT2D eigenvalue weighted by molar-refractivity contribution is 6.32. The third kappa shape index (κ3) is 5.69. The van der Waals surface area contributed by atoms with Gasteiger partial charge in [-0.2, -0.15) is 0 Å². The van der Waals surface area contributed by atoms with Gasteiger partial charge in [-0.05, 0) is 30.5 Å². The first kappa shape index (κ1) is 20.7. The molecule has 7 heteroatoms. The number of halogens is 1. The molecule has 6 nitrogen and oxygen atoms in total. The molecule has 2 aromatic rings. The number of benzene rings is 2. The second-order valence-corrected chi connectivity index (χ2v) is 6.68. The van der Waals surface area contributed by atoms with Crippen LogP contribution in [0.2, 0.25) is 5.02 Å². The van der Waals surface area contributed by atoms with Gasteiger partial charge in [0.25, 0.3) is 0 Å². The lowest BCUT2D eigenvalue weighted by atomic mass is 10.0. The van der Waals surface area contributed by atoms with Crippen LogP contribution in [0.1, 0.15) is 32.3 Å². The monoisotopic (exact) mass is 392 g/mol. The van der Waals surface area contributed by atoms with Gasteiger partial charge in [0, 0.05) is 12.1 Å². The third-order valence-electron chi connectivity index (χ3n) is 3.92. The van der Waals surface area contributed by atoms with Crippen LogP contribution in [0.3, 0.4) is 0 Å². The lowest BCUT2D eigenvalue weighted by Gasteiger charge is -2.18. The van der Waals surface area contributed by atoms with E-state index in [1.807, 2.05) is 24.3 Å². The zero-order chi connectivity index (χ0) is 20.0. The largest absolute Gasteiger partial charge is 0.495 e. The molecule has 0 saturated carbocycles. The molecule has 0 fully saturated rings. The summed E-state index contributed by atoms with van der Waals surface area (Å²) in [5.74, 6) is 1.99. The molecule has 27 heavy (non-hydrogen) atoms. The second kappa shape index (κ2) is 9.37. The van der Waals surface area contributed by atoms with Crippen molar-refractivity contribution in [1.29, 1.82) is 0 Å². The molecule has 0 aliphatic rings. The molecule has 0 aromatic heterocycles. The molecule has 1 unspecified atom stereocenters. The number of carbonyl (C=O) groups excluding carboxylic acids is 1. The van der Waals surface area contributed by atoms with Crippen molar-refractivity contribution in [2.75, 3.05) is 19.5 Å². The summed E-state index contributed by atoms with van der Waals surface area (Å²) in [7, 11) is 2.99. The summed E-state index contributed by atoms with van der Waals surface area (Å²) in [6.07, 6.45) is -0.532. The molecule has 0 spiro atoms. The molecule has 146 valence electrons. The molecular formula is C20H25ClN2O4. The van der Waals surface area contributed by atoms with Crippen LogP contribution in [0.5, 0.6) is 17.2 Å². The number of ether oxygens (including phenoxy) is 3. The van der Waals surface area contributed by atoms with Crippen LogP contribution in [-0.2, 0) is 0 Å². The Hall–Kier alpha value is -2.60. The van der Waals surface area contributed by atoms with Crippen LogP contribution in [0.15, 0.2) is 36.4 Å². The van der Waals surface area contributed by atoms with Crippen LogP contribution in [0, 0.1) is 0 Å². The third-order valence-corrected chi connectivity index (χ3v) is 4.21. The summed E-state index contributed by atoms with van der Waals surface area (Å²) in [5.41, 5.74) is 1.66. The summed E-state index contributed by atoms with van der Waals surface area (Å²) in [6.45, 7) is 6.00. The van der Waals surface area contributed by atoms with E-state index in [0.29, 0.717) is 33.9 Å². The Morgan fingerprint density at radius 3 is 2.19 bits per heavy atom. The highest BCUT2D eigenvalue weighted by Gasteiger charge is 2.14. The Morgan fingerprint density at radius 1 is 1.00 bits per heavy atom. The molecule has 0 heterocycles. The number of hydrogen-bond donors (Lipinski definition) is 2. The van der Waals surface area contributed by atoms with E-state index >= 15 is 0 Å². The van der Waals surface area contributed by atoms with Crippen molar-refractivity contribution in [2.45, 2.75) is 32.9 Å². The minimum atomic E-state index is -0.532. The van der Waals surface area contributed by atoms with Crippen molar-refractivity contribution < 1.29 is 19.0 Å². The molecule has 0 bridgehead atoms. The van der Waals surface area contributed by atoms with Gasteiger partial charge in [0.1, 0.15) is 17.2 Å². The fourth-order valence-electron chi connectivity index (χ4n) is 2.47. The van der Waals surface area contributed by atoms with Crippen LogP contribution < -0.4 is 24.8 Å². The molecule has 0 aliphatic heterocycles. The summed E-state index contributed by atoms with van der Waals surface area (Å²) in [6, 6.07) is 10.5. The average molecular weight is 393 g/mol. The smallest absolute Gasteiger partial charge is 0.322 e. The van der Waals surface area contributed by atoms with Crippen LogP contribution >= 0.6 is 11.6 Å². The lowest BCUT2D eigenvalue weighted by molar-refractivity contribution is 0.183. The molecule has 1 atom stereocenters. The number of carbonyl (C=O) groups is 1. The summed E-state index contributed by atoms with van der Waals surface area (Å²) < 4.78 is 16.1. The van der Waals surface area contributed by atoms with Crippen molar-refractivity contribution in [2.24, 2.45) is 0 Å². The van der Waals surface area contributed by atoms with E-state index in [2.05, 4.69) is 24.5 Å². The van der Waals surface area contributed by atoms with Gasteiger partial charge in [-0.3, -0.25) is 0 Å². The maximum atomic E-state index is 12.3. The highest BCUT2D eigenvalue weighted by atomic mass is 35.5. The van der Waals surface area contributed by atoms with Gasteiger partial charge in [-0.25, -0.2) is 4.79 Å². The number of rotatable bonds is 7. The van der Waals surface area contributed by atoms with Crippen LogP contribution in [0.25, 0.3) is 0 Å². The fraction of sp³-hybridized carbons (Fsp3) is 0.350. The van der Waals surface area contributed by atoms with E-state index in [9.17, 15) is 4.79 Å². The minimum absolute atomic E-state index is 0.391. The summed E-state index contributed by atoms with van der Waals surface area (Å²) in [4.78, 5) is 12.3. The van der Waals surface area contributed by atoms with E-state index in [4.69, 9.17) is 25.8 Å². The van der Waals surface area contributed by atoms with Crippen molar-refractivity contribution in [3.63, 3.8) is 0 Å². The van der Waals surface area contributed by atoms with Crippen molar-refractivity contribution >= 4 is 23.3 Å². The lowest BCUT2D eigenvalue weighted by Crippen LogP contribution is -2.39. The standard InChI is InChI=1S/C20H25ClN2O4/c1-12(2)14-6-8-15(9-7-14)27-13(3)22-20(24)23-17-11-18(25-4)16(21)10-19(17)26-5/h6-13H,1-5H3,(H2,22,23,24). The van der Waals surface area contributed by atoms with Crippen molar-refractivity contribution in [3.8, 4) is 17.2 Å². The predicted molar refractivity (Wildman–Crippen MR) is 107 cm³/mol. The normalized spacial score (nSPS) is 11.7. The molecule has 2 amide bonds. The highest BCUT2D eigenvalue weighted by Crippen LogP contribution is 2.35. The Labute approximate surface area is 164 Å². The maximum Gasteiger partial charge on any atom is 0.322 e. The van der Waals surface area contributed by atoms with Crippen LogP contribution in [-0.4, -0.2) is 26.5 Å². The van der Waals surface area contributed by atoms with Gasteiger partial charge < -0.3 is 24.8 Å². The van der Waals surface area contributed by atoms with Gasteiger partial charge in [-0.15, -0.1) is 0 Å². The predicted octanol–water partition coefficient (Wildman–Crippen LogP) is 5.03. The number of hydrogen-bond acceptors (Lipinski definition) is 4. The van der Waals surface area contributed by atoms with Gasteiger partial charge in [0.15, 0.2) is 6.23 Å². The minimum Gasteiger partial charge on any atom is -0.495 e. The first-order chi connectivity index (χ1) is 12.8. The molecule has 0 saturated heterocycles. The number of urea groups is 1. The number of anilines is 1. The summed E-state index contributed by atoms with van der Waals surface area (Å²) >= 11 is 6.07. The first-order valence-electron chi connectivity index (χ1n) is 8.59. The Kier molecular flexibility index (Phi) is 7.19. The zero-order valence-electron chi connectivity index (χ0n) is 16.1. The average Bonchev–Trinajstić information content (AvgIpc) is 2.62. The van der Waals surface area contributed by atoms with E-state index in [1.54, 1.807) is 19.1 Å². The van der Waals surface area contributed by atoms with E-state index in [-0.39, 0.29) is 0 Å². The van der Waals surface area contributed by atoms with Gasteiger partial charge in [0.05, 0.1) is 24.9 Å². The summed E-state index contributed by atoms with van der Waals surface area (Å²) in [5, 5.41) is 5.82. The van der Waals surface area contributed by atoms with Gasteiger partial charge in [-0.1, -0.05) is 37.6 Å². The number of amides is 2. The van der Waals surface area contributed by atoms with Gasteiger partial charge in [0.2, 0.25) is 0 Å². The van der Waals surface area contributed by atoms with E-state index in [1.165, 1.54) is 19.8 Å². The van der Waals surface area contributed by atoms with E-state index in [0.717, 1.165) is 0 Å². The Bertz CT molecular complexity index is 778. The molecule has 0 radical (unpaired) electrons. The van der Waals surface area contributed by atoms with Crippen molar-refractivity contribution in [1.82, 2.24) is 5.32 Å². The first-order valence-corrected chi connectivity index (χ1v) is 8.97. The Balaban J connectivity index is 1.98. The Morgan fingerprint density at radius 2 is 1.63 bits per heavy atom. The number of nitrogens with one attached hydrogen (secondary N) is 2. The molecule has 2 N–H and O–H groups in total. The molecular weight excluding hydrogens is 368 g/mol. The van der Waals surface area contributed by atoms with E-state index < -0.39 is 12.3 Å².